The van der Waals surface area contributed by atoms with Gasteiger partial charge in [0, 0.05) is 0 Å². The van der Waals surface area contributed by atoms with E-state index in [1.807, 2.05) is 0 Å². The van der Waals surface area contributed by atoms with Crippen LogP contribution in [0.3, 0.4) is 0 Å². The smallest absolute Gasteiger partial charge is 0.383 e. The number of aliphatic hydroxyl groups excluding tert-OH is 1. The second-order valence-electron chi connectivity index (χ2n) is 2.68. The molecule has 0 bridgehead atoms. The molecule has 0 aliphatic rings. The Kier molecular flexibility index (Phi) is 4.82. The van der Waals surface area contributed by atoms with E-state index in [9.17, 15) is 22.4 Å². The van der Waals surface area contributed by atoms with Crippen LogP contribution in [0.25, 0.3) is 0 Å². The number of halogens is 4. The second-order valence-corrected chi connectivity index (χ2v) is 2.68. The molecule has 84 valence electrons. The van der Waals surface area contributed by atoms with Gasteiger partial charge in [-0.05, 0) is 6.42 Å². The fourth-order valence-electron chi connectivity index (χ4n) is 0.658. The normalized spacial score (nSPS) is 14.2. The van der Waals surface area contributed by atoms with E-state index in [2.05, 4.69) is 0 Å². The van der Waals surface area contributed by atoms with Crippen molar-refractivity contribution < 1.29 is 27.5 Å². The predicted octanol–water partition coefficient (Wildman–Crippen LogP) is 0.774. The van der Waals surface area contributed by atoms with E-state index in [4.69, 9.17) is 5.11 Å². The molecule has 0 heterocycles. The highest BCUT2D eigenvalue weighted by Crippen LogP contribution is 2.22. The van der Waals surface area contributed by atoms with Crippen molar-refractivity contribution in [2.75, 3.05) is 6.61 Å². The third-order valence-electron chi connectivity index (χ3n) is 1.63. The summed E-state index contributed by atoms with van der Waals surface area (Å²) in [7, 11) is 0. The van der Waals surface area contributed by atoms with Crippen LogP contribution in [0.5, 0.6) is 0 Å². The largest absolute Gasteiger partial charge is 0.394 e. The van der Waals surface area contributed by atoms with Gasteiger partial charge in [-0.2, -0.15) is 8.78 Å². The van der Waals surface area contributed by atoms with Gasteiger partial charge in [-0.3, -0.25) is 4.79 Å². The molecule has 0 unspecified atom stereocenters. The number of alkyl halides is 4. The summed E-state index contributed by atoms with van der Waals surface area (Å²) in [4.78, 5) is 10.6. The van der Waals surface area contributed by atoms with E-state index < -0.39 is 30.9 Å². The van der Waals surface area contributed by atoms with Crippen molar-refractivity contribution in [2.45, 2.75) is 31.7 Å². The first-order valence-electron chi connectivity index (χ1n) is 3.94. The molecule has 0 saturated carbocycles. The van der Waals surface area contributed by atoms with Crippen LogP contribution in [0.1, 0.15) is 13.3 Å². The highest BCUT2D eigenvalue weighted by Gasteiger charge is 2.49. The Labute approximate surface area is 78.1 Å². The summed E-state index contributed by atoms with van der Waals surface area (Å²) >= 11 is 0. The summed E-state index contributed by atoms with van der Waals surface area (Å²) < 4.78 is 48.0. The van der Waals surface area contributed by atoms with Crippen LogP contribution in [-0.4, -0.2) is 36.0 Å². The lowest BCUT2D eigenvalue weighted by molar-refractivity contribution is -0.170. The molecule has 0 spiro atoms. The summed E-state index contributed by atoms with van der Waals surface area (Å²) in [6.07, 6.45) is -3.86. The minimum absolute atomic E-state index is 0.182. The van der Waals surface area contributed by atoms with Crippen molar-refractivity contribution in [1.82, 2.24) is 5.32 Å². The van der Waals surface area contributed by atoms with Crippen LogP contribution in [-0.2, 0) is 4.79 Å². The molecule has 0 aliphatic carbocycles. The van der Waals surface area contributed by atoms with E-state index in [1.165, 1.54) is 6.92 Å². The number of nitrogens with one attached hydrogen (secondary N) is 1. The fraction of sp³-hybridized carbons (Fsp3) is 0.857. The first-order chi connectivity index (χ1) is 6.36. The standard InChI is InChI=1S/C7H11F4NO2/c1-2-4(3-13)12-6(14)7(10,11)5(8)9/h4-5,13H,2-3H2,1H3,(H,12,14)/t4-/m1/s1. The average molecular weight is 217 g/mol. The van der Waals surface area contributed by atoms with Crippen molar-refractivity contribution >= 4 is 5.91 Å². The number of aliphatic hydroxyl groups is 1. The summed E-state index contributed by atoms with van der Waals surface area (Å²) in [6, 6.07) is -0.924. The Morgan fingerprint density at radius 3 is 2.29 bits per heavy atom. The van der Waals surface area contributed by atoms with Crippen molar-refractivity contribution in [1.29, 1.82) is 0 Å². The van der Waals surface area contributed by atoms with Crippen molar-refractivity contribution in [2.24, 2.45) is 0 Å². The molecule has 0 fully saturated rings. The van der Waals surface area contributed by atoms with Crippen LogP contribution >= 0.6 is 0 Å². The number of amides is 1. The van der Waals surface area contributed by atoms with Crippen LogP contribution in [0.15, 0.2) is 0 Å². The van der Waals surface area contributed by atoms with E-state index in [0.29, 0.717) is 0 Å². The van der Waals surface area contributed by atoms with E-state index in [1.54, 1.807) is 5.32 Å². The maximum atomic E-state index is 12.3. The third kappa shape index (κ3) is 3.13. The first kappa shape index (κ1) is 13.2. The van der Waals surface area contributed by atoms with Crippen LogP contribution in [0.2, 0.25) is 0 Å². The maximum Gasteiger partial charge on any atom is 0.383 e. The Bertz CT molecular complexity index is 194. The molecule has 14 heavy (non-hydrogen) atoms. The molecule has 1 atom stereocenters. The van der Waals surface area contributed by atoms with Crippen molar-refractivity contribution in [3.8, 4) is 0 Å². The number of rotatable bonds is 5. The Balaban J connectivity index is 4.33. The zero-order valence-corrected chi connectivity index (χ0v) is 7.44. The Hall–Kier alpha value is -0.850. The van der Waals surface area contributed by atoms with Crippen LogP contribution < -0.4 is 5.32 Å². The topological polar surface area (TPSA) is 49.3 Å². The third-order valence-corrected chi connectivity index (χ3v) is 1.63. The van der Waals surface area contributed by atoms with Gasteiger partial charge in [-0.15, -0.1) is 0 Å². The fourth-order valence-corrected chi connectivity index (χ4v) is 0.658. The molecular weight excluding hydrogens is 206 g/mol. The molecule has 0 aromatic carbocycles. The molecule has 0 aliphatic heterocycles. The molecule has 7 heteroatoms. The molecule has 0 aromatic heterocycles. The highest BCUT2D eigenvalue weighted by molar-refractivity contribution is 5.84. The van der Waals surface area contributed by atoms with Crippen LogP contribution in [0.4, 0.5) is 17.6 Å². The van der Waals surface area contributed by atoms with E-state index in [0.717, 1.165) is 0 Å². The number of hydrogen-bond donors (Lipinski definition) is 2. The number of hydrogen-bond acceptors (Lipinski definition) is 2. The first-order valence-corrected chi connectivity index (χ1v) is 3.94. The minimum atomic E-state index is -4.71. The van der Waals surface area contributed by atoms with Gasteiger partial charge in [0.2, 0.25) is 0 Å². The van der Waals surface area contributed by atoms with E-state index in [-0.39, 0.29) is 6.42 Å². The molecule has 3 nitrogen and oxygen atoms in total. The minimum Gasteiger partial charge on any atom is -0.394 e. The van der Waals surface area contributed by atoms with Gasteiger partial charge in [0.15, 0.2) is 0 Å². The number of carbonyl (C=O) groups is 1. The molecule has 0 rings (SSSR count). The Morgan fingerprint density at radius 2 is 2.00 bits per heavy atom. The number of carbonyl (C=O) groups excluding carboxylic acids is 1. The predicted molar refractivity (Wildman–Crippen MR) is 40.3 cm³/mol. The summed E-state index contributed by atoms with van der Waals surface area (Å²) in [5, 5.41) is 10.2. The lowest BCUT2D eigenvalue weighted by Gasteiger charge is -2.19. The molecule has 0 aromatic rings. The van der Waals surface area contributed by atoms with Gasteiger partial charge in [-0.25, -0.2) is 8.78 Å². The zero-order chi connectivity index (χ0) is 11.4. The SMILES string of the molecule is CC[C@H](CO)NC(=O)C(F)(F)C(F)F. The van der Waals surface area contributed by atoms with E-state index >= 15 is 0 Å². The molecule has 2 N–H and O–H groups in total. The van der Waals surface area contributed by atoms with Crippen molar-refractivity contribution in [3.63, 3.8) is 0 Å². The maximum absolute atomic E-state index is 12.3. The molecule has 1 amide bonds. The van der Waals surface area contributed by atoms with Gasteiger partial charge in [0.25, 0.3) is 5.91 Å². The Morgan fingerprint density at radius 1 is 1.50 bits per heavy atom. The summed E-state index contributed by atoms with van der Waals surface area (Å²) in [6.45, 7) is 0.948. The quantitative estimate of drug-likeness (QED) is 0.668. The van der Waals surface area contributed by atoms with Gasteiger partial charge in [0.05, 0.1) is 12.6 Å². The lowest BCUT2D eigenvalue weighted by Crippen LogP contribution is -2.49. The van der Waals surface area contributed by atoms with Crippen LogP contribution in [0, 0.1) is 0 Å². The summed E-state index contributed by atoms with van der Waals surface area (Å²) in [5.41, 5.74) is 0. The second kappa shape index (κ2) is 5.14. The lowest BCUT2D eigenvalue weighted by atomic mass is 10.2. The molecule has 0 radical (unpaired) electrons. The highest BCUT2D eigenvalue weighted by atomic mass is 19.3. The van der Waals surface area contributed by atoms with Gasteiger partial charge < -0.3 is 10.4 Å². The monoisotopic (exact) mass is 217 g/mol. The summed E-state index contributed by atoms with van der Waals surface area (Å²) in [5.74, 6) is -6.77. The average Bonchev–Trinajstić information content (AvgIpc) is 2.13. The van der Waals surface area contributed by atoms with Gasteiger partial charge in [-0.1, -0.05) is 6.92 Å². The van der Waals surface area contributed by atoms with Crippen molar-refractivity contribution in [3.05, 3.63) is 0 Å². The molecular formula is C7H11F4NO2. The molecule has 0 saturated heterocycles. The zero-order valence-electron chi connectivity index (χ0n) is 7.44. The van der Waals surface area contributed by atoms with Gasteiger partial charge in [0.1, 0.15) is 0 Å². The van der Waals surface area contributed by atoms with Gasteiger partial charge >= 0.3 is 12.3 Å².